The van der Waals surface area contributed by atoms with Gasteiger partial charge in [0.2, 0.25) is 5.91 Å². The van der Waals surface area contributed by atoms with Crippen LogP contribution in [0.2, 0.25) is 0 Å². The van der Waals surface area contributed by atoms with Crippen molar-refractivity contribution in [1.82, 2.24) is 5.32 Å². The lowest BCUT2D eigenvalue weighted by Crippen LogP contribution is -2.45. The van der Waals surface area contributed by atoms with Crippen LogP contribution in [-0.2, 0) is 4.79 Å². The Kier molecular flexibility index (Phi) is 43.9. The van der Waals surface area contributed by atoms with Crippen molar-refractivity contribution >= 4 is 5.91 Å². The van der Waals surface area contributed by atoms with Crippen LogP contribution < -0.4 is 5.32 Å². The van der Waals surface area contributed by atoms with Crippen molar-refractivity contribution in [3.05, 3.63) is 85.1 Å². The van der Waals surface area contributed by atoms with Gasteiger partial charge >= 0.3 is 0 Å². The summed E-state index contributed by atoms with van der Waals surface area (Å²) in [7, 11) is 0. The van der Waals surface area contributed by atoms with Crippen molar-refractivity contribution in [2.75, 3.05) is 6.61 Å². The molecule has 0 bridgehead atoms. The van der Waals surface area contributed by atoms with Crippen molar-refractivity contribution in [2.24, 2.45) is 0 Å². The van der Waals surface area contributed by atoms with Crippen molar-refractivity contribution in [3.63, 3.8) is 0 Å². The predicted molar refractivity (Wildman–Crippen MR) is 243 cm³/mol. The van der Waals surface area contributed by atoms with Crippen molar-refractivity contribution in [3.8, 4) is 0 Å². The molecule has 0 aliphatic heterocycles. The second-order valence-corrected chi connectivity index (χ2v) is 15.4. The number of rotatable bonds is 41. The van der Waals surface area contributed by atoms with E-state index in [4.69, 9.17) is 0 Å². The third kappa shape index (κ3) is 42.6. The van der Waals surface area contributed by atoms with Gasteiger partial charge in [-0.2, -0.15) is 0 Å². The van der Waals surface area contributed by atoms with Gasteiger partial charge in [0.05, 0.1) is 18.8 Å². The standard InChI is InChI=1S/C51H89NO3/c1-3-5-7-9-11-13-15-17-19-21-23-24-25-26-27-28-29-31-33-35-37-39-41-43-45-47-51(55)52-49(48-53)50(54)46-44-42-40-38-36-34-32-30-22-20-18-16-14-12-10-8-6-4-2/h5,7,11,13,17,19,23-24,26-27,36,38,44,46,49-50,53-54H,3-4,6,8-10,12,14-16,18,20-22,25,28-35,37,39-43,45,47-48H2,1-2H3,(H,52,55)/b7-5-,13-11-,19-17-,24-23-,27-26-,38-36+,46-44+. The lowest BCUT2D eigenvalue weighted by atomic mass is 10.0. The van der Waals surface area contributed by atoms with Gasteiger partial charge in [-0.25, -0.2) is 0 Å². The Hall–Kier alpha value is -2.43. The Balaban J connectivity index is 3.64. The first-order valence-electron chi connectivity index (χ1n) is 23.3. The van der Waals surface area contributed by atoms with Crippen molar-refractivity contribution in [1.29, 1.82) is 0 Å². The van der Waals surface area contributed by atoms with Crippen molar-refractivity contribution < 1.29 is 15.0 Å². The number of unbranched alkanes of at least 4 members (excludes halogenated alkanes) is 22. The molecule has 55 heavy (non-hydrogen) atoms. The molecule has 0 aromatic carbocycles. The van der Waals surface area contributed by atoms with Gasteiger partial charge < -0.3 is 15.5 Å². The number of carbonyl (C=O) groups is 1. The van der Waals surface area contributed by atoms with E-state index >= 15 is 0 Å². The summed E-state index contributed by atoms with van der Waals surface area (Å²) >= 11 is 0. The lowest BCUT2D eigenvalue weighted by molar-refractivity contribution is -0.123. The molecule has 0 fully saturated rings. The van der Waals surface area contributed by atoms with Crippen LogP contribution in [0.1, 0.15) is 213 Å². The van der Waals surface area contributed by atoms with E-state index in [9.17, 15) is 15.0 Å². The Morgan fingerprint density at radius 1 is 0.455 bits per heavy atom. The minimum atomic E-state index is -0.869. The van der Waals surface area contributed by atoms with Crippen LogP contribution >= 0.6 is 0 Å². The number of amides is 1. The summed E-state index contributed by atoms with van der Waals surface area (Å²) in [6.07, 6.45) is 67.0. The molecular weight excluding hydrogens is 675 g/mol. The van der Waals surface area contributed by atoms with Gasteiger partial charge in [-0.15, -0.1) is 0 Å². The first-order valence-corrected chi connectivity index (χ1v) is 23.3. The molecule has 0 rings (SSSR count). The Labute approximate surface area is 341 Å². The van der Waals surface area contributed by atoms with Gasteiger partial charge in [0, 0.05) is 6.42 Å². The predicted octanol–water partition coefficient (Wildman–Crippen LogP) is 14.9. The highest BCUT2D eigenvalue weighted by atomic mass is 16.3. The van der Waals surface area contributed by atoms with Crippen LogP contribution in [0.5, 0.6) is 0 Å². The van der Waals surface area contributed by atoms with Crippen LogP contribution in [0.3, 0.4) is 0 Å². The number of nitrogens with one attached hydrogen (secondary N) is 1. The van der Waals surface area contributed by atoms with Crippen LogP contribution in [0.4, 0.5) is 0 Å². The quantitative estimate of drug-likeness (QED) is 0.0429. The highest BCUT2D eigenvalue weighted by Gasteiger charge is 2.17. The summed E-state index contributed by atoms with van der Waals surface area (Å²) in [5.74, 6) is -0.0836. The van der Waals surface area contributed by atoms with Gasteiger partial charge in [-0.05, 0) is 77.0 Å². The minimum Gasteiger partial charge on any atom is -0.394 e. The molecule has 3 N–H and O–H groups in total. The van der Waals surface area contributed by atoms with Crippen LogP contribution in [0, 0.1) is 0 Å². The number of hydrogen-bond donors (Lipinski definition) is 3. The molecule has 0 aliphatic rings. The number of aliphatic hydroxyl groups excluding tert-OH is 2. The second-order valence-electron chi connectivity index (χ2n) is 15.4. The molecule has 0 heterocycles. The average Bonchev–Trinajstić information content (AvgIpc) is 3.19. The molecule has 1 amide bonds. The monoisotopic (exact) mass is 764 g/mol. The fraction of sp³-hybridized carbons (Fsp3) is 0.706. The van der Waals surface area contributed by atoms with E-state index in [1.807, 2.05) is 6.08 Å². The Bertz CT molecular complexity index is 1000. The smallest absolute Gasteiger partial charge is 0.220 e. The molecule has 0 aromatic heterocycles. The topological polar surface area (TPSA) is 69.6 Å². The molecule has 4 heteroatoms. The van der Waals surface area contributed by atoms with E-state index in [1.165, 1.54) is 122 Å². The molecule has 2 unspecified atom stereocenters. The summed E-state index contributed by atoms with van der Waals surface area (Å²) in [4.78, 5) is 12.4. The normalized spacial score (nSPS) is 13.7. The third-order valence-electron chi connectivity index (χ3n) is 10.1. The molecule has 0 radical (unpaired) electrons. The van der Waals surface area contributed by atoms with E-state index in [0.717, 1.165) is 70.6 Å². The molecule has 0 saturated carbocycles. The summed E-state index contributed by atoms with van der Waals surface area (Å²) in [5, 5.41) is 23.0. The van der Waals surface area contributed by atoms with Crippen molar-refractivity contribution in [2.45, 2.75) is 225 Å². The minimum absolute atomic E-state index is 0.0836. The Morgan fingerprint density at radius 2 is 0.818 bits per heavy atom. The maximum absolute atomic E-state index is 12.4. The van der Waals surface area contributed by atoms with E-state index in [2.05, 4.69) is 92.1 Å². The lowest BCUT2D eigenvalue weighted by Gasteiger charge is -2.19. The fourth-order valence-corrected chi connectivity index (χ4v) is 6.57. The van der Waals surface area contributed by atoms with Gasteiger partial charge in [0.25, 0.3) is 0 Å². The highest BCUT2D eigenvalue weighted by Crippen LogP contribution is 2.14. The van der Waals surface area contributed by atoms with Crippen LogP contribution in [0.25, 0.3) is 0 Å². The molecule has 0 spiro atoms. The van der Waals surface area contributed by atoms with Gasteiger partial charge in [0.1, 0.15) is 0 Å². The van der Waals surface area contributed by atoms with Crippen LogP contribution in [-0.4, -0.2) is 34.9 Å². The second kappa shape index (κ2) is 46.0. The zero-order chi connectivity index (χ0) is 40.0. The van der Waals surface area contributed by atoms with Gasteiger partial charge in [-0.1, -0.05) is 214 Å². The summed E-state index contributed by atoms with van der Waals surface area (Å²) in [5.41, 5.74) is 0. The first kappa shape index (κ1) is 52.6. The number of allylic oxidation sites excluding steroid dienone is 13. The first-order chi connectivity index (χ1) is 27.2. The Morgan fingerprint density at radius 3 is 1.27 bits per heavy atom. The summed E-state index contributed by atoms with van der Waals surface area (Å²) < 4.78 is 0. The largest absolute Gasteiger partial charge is 0.394 e. The van der Waals surface area contributed by atoms with E-state index in [-0.39, 0.29) is 12.5 Å². The van der Waals surface area contributed by atoms with Crippen LogP contribution in [0.15, 0.2) is 85.1 Å². The van der Waals surface area contributed by atoms with Gasteiger partial charge in [-0.3, -0.25) is 4.79 Å². The maximum Gasteiger partial charge on any atom is 0.220 e. The highest BCUT2D eigenvalue weighted by molar-refractivity contribution is 5.76. The number of hydrogen-bond acceptors (Lipinski definition) is 3. The maximum atomic E-state index is 12.4. The summed E-state index contributed by atoms with van der Waals surface area (Å²) in [6.45, 7) is 4.18. The van der Waals surface area contributed by atoms with E-state index in [1.54, 1.807) is 6.08 Å². The van der Waals surface area contributed by atoms with Gasteiger partial charge in [0.15, 0.2) is 0 Å². The van der Waals surface area contributed by atoms with E-state index < -0.39 is 12.1 Å². The fourth-order valence-electron chi connectivity index (χ4n) is 6.57. The molecule has 0 aliphatic carbocycles. The van der Waals surface area contributed by atoms with E-state index in [0.29, 0.717) is 6.42 Å². The molecule has 4 nitrogen and oxygen atoms in total. The molecular formula is C51H89NO3. The molecule has 2 atom stereocenters. The molecule has 0 saturated heterocycles. The third-order valence-corrected chi connectivity index (χ3v) is 10.1. The average molecular weight is 764 g/mol. The number of carbonyl (C=O) groups excluding carboxylic acids is 1. The number of aliphatic hydroxyl groups is 2. The molecule has 0 aromatic rings. The molecule has 316 valence electrons. The zero-order valence-electron chi connectivity index (χ0n) is 36.2. The zero-order valence-corrected chi connectivity index (χ0v) is 36.2. The SMILES string of the molecule is CC/C=C\C/C=C\C/C=C\C/C=C\C/C=C\CCCCCCCCCCCC(=O)NC(CO)C(O)/C=C/CC/C=C/CCCCCCCCCCCCCC. The summed E-state index contributed by atoms with van der Waals surface area (Å²) in [6, 6.07) is -0.647.